The number of carbonyl (C=O) groups excluding carboxylic acids is 3. The zero-order valence-corrected chi connectivity index (χ0v) is 19.1. The summed E-state index contributed by atoms with van der Waals surface area (Å²) in [6.45, 7) is 5.52. The number of hydrogen-bond donors (Lipinski definition) is 0. The van der Waals surface area contributed by atoms with Gasteiger partial charge in [-0.25, -0.2) is 15.0 Å². The molecule has 4 rings (SSSR count). The molecular formula is C23H24N4O7. The lowest BCUT2D eigenvalue weighted by Crippen LogP contribution is -2.40. The molecule has 178 valence electrons. The number of imidazole rings is 1. The van der Waals surface area contributed by atoms with Crippen molar-refractivity contribution < 1.29 is 33.3 Å². The minimum Gasteiger partial charge on any atom is -0.463 e. The highest BCUT2D eigenvalue weighted by molar-refractivity contribution is 5.87. The van der Waals surface area contributed by atoms with E-state index in [-0.39, 0.29) is 6.61 Å². The number of benzene rings is 1. The number of fused-ring (bicyclic) bond motifs is 1. The molecular weight excluding hydrogens is 444 g/mol. The number of aryl methyl sites for hydroxylation is 1. The van der Waals surface area contributed by atoms with Crippen molar-refractivity contribution in [1.29, 1.82) is 0 Å². The van der Waals surface area contributed by atoms with Crippen LogP contribution in [0.5, 0.6) is 0 Å². The van der Waals surface area contributed by atoms with Gasteiger partial charge in [0.1, 0.15) is 30.2 Å². The summed E-state index contributed by atoms with van der Waals surface area (Å²) >= 11 is 0. The second-order valence-corrected chi connectivity index (χ2v) is 7.93. The maximum Gasteiger partial charge on any atom is 0.303 e. The van der Waals surface area contributed by atoms with Crippen LogP contribution in [0.3, 0.4) is 0 Å². The van der Waals surface area contributed by atoms with Crippen molar-refractivity contribution in [1.82, 2.24) is 19.5 Å². The number of hydrogen-bond acceptors (Lipinski definition) is 10. The van der Waals surface area contributed by atoms with Gasteiger partial charge in [-0.3, -0.25) is 19.0 Å². The van der Waals surface area contributed by atoms with E-state index in [1.54, 1.807) is 4.57 Å². The highest BCUT2D eigenvalue weighted by atomic mass is 16.7. The standard InChI is InChI=1S/C23H24N4O7/c1-12-5-7-16(8-6-12)18-19-22(25-10-24-18)27(11-26-19)23-21(33-15(4)30)20(32-14(3)29)17(34-23)9-31-13(2)28/h5-8,10-11,17,20-21,23H,9H2,1-4H3/t17-,20-,21-,23-/m1/s1. The van der Waals surface area contributed by atoms with Gasteiger partial charge in [0.05, 0.1) is 6.33 Å². The molecule has 0 saturated carbocycles. The highest BCUT2D eigenvalue weighted by Crippen LogP contribution is 2.36. The van der Waals surface area contributed by atoms with Crippen LogP contribution in [0.25, 0.3) is 22.4 Å². The lowest BCUT2D eigenvalue weighted by molar-refractivity contribution is -0.166. The lowest BCUT2D eigenvalue weighted by atomic mass is 10.1. The summed E-state index contributed by atoms with van der Waals surface area (Å²) in [6, 6.07) is 7.83. The summed E-state index contributed by atoms with van der Waals surface area (Å²) in [5, 5.41) is 0. The molecule has 0 unspecified atom stereocenters. The Bertz CT molecular complexity index is 1220. The number of ether oxygens (including phenoxy) is 4. The molecule has 0 spiro atoms. The minimum atomic E-state index is -1.03. The van der Waals surface area contributed by atoms with E-state index in [1.165, 1.54) is 33.4 Å². The van der Waals surface area contributed by atoms with Crippen LogP contribution >= 0.6 is 0 Å². The molecule has 0 bridgehead atoms. The Kier molecular flexibility index (Phi) is 6.55. The zero-order chi connectivity index (χ0) is 24.4. The number of nitrogens with zero attached hydrogens (tertiary/aromatic N) is 4. The van der Waals surface area contributed by atoms with E-state index in [2.05, 4.69) is 15.0 Å². The van der Waals surface area contributed by atoms with Crippen molar-refractivity contribution in [3.8, 4) is 11.3 Å². The molecule has 1 aliphatic heterocycles. The monoisotopic (exact) mass is 468 g/mol. The summed E-state index contributed by atoms with van der Waals surface area (Å²) in [4.78, 5) is 48.3. The van der Waals surface area contributed by atoms with Crippen LogP contribution in [0.1, 0.15) is 32.6 Å². The number of aromatic nitrogens is 4. The fourth-order valence-electron chi connectivity index (χ4n) is 3.88. The first-order valence-electron chi connectivity index (χ1n) is 10.6. The van der Waals surface area contributed by atoms with Crippen molar-refractivity contribution in [2.75, 3.05) is 6.61 Å². The highest BCUT2D eigenvalue weighted by Gasteiger charge is 2.51. The van der Waals surface area contributed by atoms with Crippen LogP contribution in [0.15, 0.2) is 36.9 Å². The average Bonchev–Trinajstić information content (AvgIpc) is 3.34. The van der Waals surface area contributed by atoms with E-state index < -0.39 is 42.4 Å². The molecule has 3 heterocycles. The van der Waals surface area contributed by atoms with Gasteiger partial charge in [-0.1, -0.05) is 29.8 Å². The first kappa shape index (κ1) is 23.3. The quantitative estimate of drug-likeness (QED) is 0.391. The predicted molar refractivity (Wildman–Crippen MR) is 117 cm³/mol. The Morgan fingerprint density at radius 2 is 1.62 bits per heavy atom. The number of rotatable bonds is 6. The van der Waals surface area contributed by atoms with Gasteiger partial charge in [0.25, 0.3) is 0 Å². The second kappa shape index (κ2) is 9.56. The third-order valence-electron chi connectivity index (χ3n) is 5.30. The Morgan fingerprint density at radius 1 is 0.941 bits per heavy atom. The van der Waals surface area contributed by atoms with Gasteiger partial charge in [0.2, 0.25) is 0 Å². The second-order valence-electron chi connectivity index (χ2n) is 7.93. The minimum absolute atomic E-state index is 0.197. The van der Waals surface area contributed by atoms with E-state index in [9.17, 15) is 14.4 Å². The van der Waals surface area contributed by atoms with Crippen molar-refractivity contribution in [3.63, 3.8) is 0 Å². The molecule has 1 aliphatic rings. The van der Waals surface area contributed by atoms with Crippen LogP contribution in [0.4, 0.5) is 0 Å². The van der Waals surface area contributed by atoms with Gasteiger partial charge in [-0.2, -0.15) is 0 Å². The van der Waals surface area contributed by atoms with Gasteiger partial charge >= 0.3 is 17.9 Å². The van der Waals surface area contributed by atoms with Gasteiger partial charge in [0, 0.05) is 26.3 Å². The van der Waals surface area contributed by atoms with Gasteiger partial charge in [-0.15, -0.1) is 0 Å². The van der Waals surface area contributed by atoms with Gasteiger partial charge < -0.3 is 18.9 Å². The topological polar surface area (TPSA) is 132 Å². The molecule has 11 nitrogen and oxygen atoms in total. The van der Waals surface area contributed by atoms with Gasteiger partial charge in [-0.05, 0) is 6.92 Å². The molecule has 0 aliphatic carbocycles. The van der Waals surface area contributed by atoms with Crippen molar-refractivity contribution in [3.05, 3.63) is 42.5 Å². The summed E-state index contributed by atoms with van der Waals surface area (Å²) in [6.07, 6.45) is -0.959. The summed E-state index contributed by atoms with van der Waals surface area (Å²) in [5.41, 5.74) is 3.54. The van der Waals surface area contributed by atoms with Crippen molar-refractivity contribution >= 4 is 29.1 Å². The molecule has 3 aromatic rings. The van der Waals surface area contributed by atoms with Crippen LogP contribution in [0.2, 0.25) is 0 Å². The first-order valence-corrected chi connectivity index (χ1v) is 10.6. The molecule has 2 aromatic heterocycles. The smallest absolute Gasteiger partial charge is 0.303 e. The third-order valence-corrected chi connectivity index (χ3v) is 5.30. The Morgan fingerprint density at radius 3 is 2.26 bits per heavy atom. The zero-order valence-electron chi connectivity index (χ0n) is 19.1. The average molecular weight is 468 g/mol. The summed E-state index contributed by atoms with van der Waals surface area (Å²) in [5.74, 6) is -1.72. The SMILES string of the molecule is CC(=O)OC[C@H]1O[C@@H](n2cnc3c(-c4ccc(C)cc4)ncnc32)[C@H](OC(C)=O)[C@@H]1OC(C)=O. The molecule has 0 N–H and O–H groups in total. The fraction of sp³-hybridized carbons (Fsp3) is 0.391. The molecule has 1 aromatic carbocycles. The van der Waals surface area contributed by atoms with E-state index in [4.69, 9.17) is 18.9 Å². The number of esters is 3. The van der Waals surface area contributed by atoms with Gasteiger partial charge in [0.15, 0.2) is 24.1 Å². The lowest BCUT2D eigenvalue weighted by Gasteiger charge is -2.23. The molecule has 11 heteroatoms. The molecule has 34 heavy (non-hydrogen) atoms. The Labute approximate surface area is 195 Å². The van der Waals surface area contributed by atoms with Crippen LogP contribution in [0, 0.1) is 6.92 Å². The fourth-order valence-corrected chi connectivity index (χ4v) is 3.88. The van der Waals surface area contributed by atoms with E-state index in [0.717, 1.165) is 11.1 Å². The summed E-state index contributed by atoms with van der Waals surface area (Å²) < 4.78 is 23.7. The molecule has 1 fully saturated rings. The Hall–Kier alpha value is -3.86. The maximum absolute atomic E-state index is 11.9. The summed E-state index contributed by atoms with van der Waals surface area (Å²) in [7, 11) is 0. The Balaban J connectivity index is 1.76. The van der Waals surface area contributed by atoms with E-state index >= 15 is 0 Å². The molecule has 1 saturated heterocycles. The van der Waals surface area contributed by atoms with Crippen LogP contribution in [-0.4, -0.2) is 62.3 Å². The molecule has 0 amide bonds. The number of carbonyl (C=O) groups is 3. The maximum atomic E-state index is 11.9. The van der Waals surface area contributed by atoms with E-state index in [1.807, 2.05) is 31.2 Å². The molecule has 0 radical (unpaired) electrons. The largest absolute Gasteiger partial charge is 0.463 e. The van der Waals surface area contributed by atoms with Crippen LogP contribution < -0.4 is 0 Å². The van der Waals surface area contributed by atoms with Crippen LogP contribution in [-0.2, 0) is 33.3 Å². The van der Waals surface area contributed by atoms with Crippen molar-refractivity contribution in [2.24, 2.45) is 0 Å². The normalized spacial score (nSPS) is 21.9. The van der Waals surface area contributed by atoms with Crippen molar-refractivity contribution in [2.45, 2.75) is 52.2 Å². The first-order chi connectivity index (χ1) is 16.2. The van der Waals surface area contributed by atoms with E-state index in [0.29, 0.717) is 16.9 Å². The predicted octanol–water partition coefficient (Wildman–Crippen LogP) is 2.13. The third kappa shape index (κ3) is 4.74. The molecule has 4 atom stereocenters.